The third-order valence-corrected chi connectivity index (χ3v) is 9.04. The zero-order valence-corrected chi connectivity index (χ0v) is 18.3. The third kappa shape index (κ3) is 13.4. The van der Waals surface area contributed by atoms with Gasteiger partial charge in [-0.3, -0.25) is 0 Å². The molecule has 0 rings (SSSR count). The Morgan fingerprint density at radius 3 is 1.04 bits per heavy atom. The van der Waals surface area contributed by atoms with Crippen LogP contribution in [-0.2, 0) is 8.85 Å². The summed E-state index contributed by atoms with van der Waals surface area (Å²) < 4.78 is 11.8. The van der Waals surface area contributed by atoms with E-state index in [9.17, 15) is 0 Å². The molecule has 0 aromatic rings. The summed E-state index contributed by atoms with van der Waals surface area (Å²) in [6.45, 7) is 4.56. The van der Waals surface area contributed by atoms with Crippen molar-refractivity contribution in [3.05, 3.63) is 0 Å². The van der Waals surface area contributed by atoms with E-state index < -0.39 is 8.56 Å². The quantitative estimate of drug-likeness (QED) is 0.175. The summed E-state index contributed by atoms with van der Waals surface area (Å²) in [6, 6.07) is 2.37. The standard InChI is InChI=1S/C21H46O2Si/c1-5-7-9-11-13-15-17-19-21-24(22-3,23-4)20-18-16-14-12-10-8-6-2/h5-21H2,1-4H3. The lowest BCUT2D eigenvalue weighted by Gasteiger charge is -2.27. The van der Waals surface area contributed by atoms with Gasteiger partial charge in [0.2, 0.25) is 0 Å². The van der Waals surface area contributed by atoms with E-state index in [4.69, 9.17) is 8.85 Å². The molecule has 0 N–H and O–H groups in total. The van der Waals surface area contributed by atoms with Gasteiger partial charge < -0.3 is 8.85 Å². The fourth-order valence-electron chi connectivity index (χ4n) is 3.50. The van der Waals surface area contributed by atoms with Crippen LogP contribution >= 0.6 is 0 Å². The van der Waals surface area contributed by atoms with Gasteiger partial charge in [0, 0.05) is 14.2 Å². The first-order valence-electron chi connectivity index (χ1n) is 10.8. The summed E-state index contributed by atoms with van der Waals surface area (Å²) in [5.41, 5.74) is 0. The smallest absolute Gasteiger partial charge is 0.337 e. The van der Waals surface area contributed by atoms with Crippen LogP contribution in [0.4, 0.5) is 0 Å². The third-order valence-electron chi connectivity index (χ3n) is 5.32. The highest BCUT2D eigenvalue weighted by Crippen LogP contribution is 2.25. The van der Waals surface area contributed by atoms with E-state index in [1.54, 1.807) is 0 Å². The Hall–Kier alpha value is 0.137. The van der Waals surface area contributed by atoms with Gasteiger partial charge in [0.15, 0.2) is 0 Å². The first-order chi connectivity index (χ1) is 11.7. The molecule has 0 bridgehead atoms. The van der Waals surface area contributed by atoms with E-state index in [1.807, 2.05) is 14.2 Å². The molecule has 0 aliphatic rings. The molecule has 0 unspecified atom stereocenters. The molecule has 0 saturated carbocycles. The van der Waals surface area contributed by atoms with Gasteiger partial charge in [-0.1, -0.05) is 110 Å². The van der Waals surface area contributed by atoms with Crippen LogP contribution in [0.1, 0.15) is 110 Å². The molecule has 0 spiro atoms. The van der Waals surface area contributed by atoms with Gasteiger partial charge in [-0.05, 0) is 12.1 Å². The Morgan fingerprint density at radius 1 is 0.458 bits per heavy atom. The van der Waals surface area contributed by atoms with Crippen LogP contribution in [0.25, 0.3) is 0 Å². The minimum Gasteiger partial charge on any atom is -0.398 e. The zero-order chi connectivity index (χ0) is 17.9. The van der Waals surface area contributed by atoms with E-state index in [0.717, 1.165) is 0 Å². The summed E-state index contributed by atoms with van der Waals surface area (Å²) in [6.07, 6.45) is 20.6. The molecule has 0 aromatic carbocycles. The molecular weight excluding hydrogens is 312 g/mol. The maximum atomic E-state index is 5.91. The van der Waals surface area contributed by atoms with Crippen molar-refractivity contribution in [2.24, 2.45) is 0 Å². The van der Waals surface area contributed by atoms with Crippen molar-refractivity contribution >= 4 is 8.56 Å². The predicted molar refractivity (Wildman–Crippen MR) is 110 cm³/mol. The first-order valence-corrected chi connectivity index (χ1v) is 13.1. The zero-order valence-electron chi connectivity index (χ0n) is 17.3. The first kappa shape index (κ1) is 24.1. The second kappa shape index (κ2) is 17.9. The molecule has 0 aromatic heterocycles. The fraction of sp³-hybridized carbons (Fsp3) is 1.00. The SMILES string of the molecule is CCCCCCCCCC[Si](CCCCCCCCC)(OC)OC. The lowest BCUT2D eigenvalue weighted by atomic mass is 10.1. The fourth-order valence-corrected chi connectivity index (χ4v) is 6.31. The molecule has 3 heteroatoms. The largest absolute Gasteiger partial charge is 0.398 e. The number of rotatable bonds is 19. The summed E-state index contributed by atoms with van der Waals surface area (Å²) in [5.74, 6) is 0. The molecule has 24 heavy (non-hydrogen) atoms. The van der Waals surface area contributed by atoms with E-state index in [0.29, 0.717) is 0 Å². The molecule has 0 amide bonds. The predicted octanol–water partition coefficient (Wildman–Crippen LogP) is 7.61. The minimum atomic E-state index is -1.90. The van der Waals surface area contributed by atoms with E-state index in [2.05, 4.69) is 13.8 Å². The van der Waals surface area contributed by atoms with Crippen molar-refractivity contribution in [3.8, 4) is 0 Å². The second-order valence-corrected chi connectivity index (χ2v) is 11.1. The Morgan fingerprint density at radius 2 is 0.750 bits per heavy atom. The van der Waals surface area contributed by atoms with Gasteiger partial charge in [0.1, 0.15) is 0 Å². The highest BCUT2D eigenvalue weighted by Gasteiger charge is 2.33. The normalized spacial score (nSPS) is 12.0. The van der Waals surface area contributed by atoms with Crippen molar-refractivity contribution in [1.29, 1.82) is 0 Å². The van der Waals surface area contributed by atoms with Crippen LogP contribution in [0.5, 0.6) is 0 Å². The van der Waals surface area contributed by atoms with E-state index >= 15 is 0 Å². The van der Waals surface area contributed by atoms with Gasteiger partial charge >= 0.3 is 8.56 Å². The number of hydrogen-bond donors (Lipinski definition) is 0. The molecule has 0 atom stereocenters. The summed E-state index contributed by atoms with van der Waals surface area (Å²) >= 11 is 0. The van der Waals surface area contributed by atoms with Crippen LogP contribution < -0.4 is 0 Å². The highest BCUT2D eigenvalue weighted by molar-refractivity contribution is 6.67. The molecule has 2 nitrogen and oxygen atoms in total. The van der Waals surface area contributed by atoms with Gasteiger partial charge in [-0.15, -0.1) is 0 Å². The van der Waals surface area contributed by atoms with Crippen LogP contribution in [0, 0.1) is 0 Å². The van der Waals surface area contributed by atoms with Gasteiger partial charge in [0.05, 0.1) is 0 Å². The van der Waals surface area contributed by atoms with Crippen molar-refractivity contribution in [1.82, 2.24) is 0 Å². The molecular formula is C21H46O2Si. The van der Waals surface area contributed by atoms with E-state index in [1.165, 1.54) is 108 Å². The van der Waals surface area contributed by atoms with Crippen molar-refractivity contribution in [2.75, 3.05) is 14.2 Å². The second-order valence-electron chi connectivity index (χ2n) is 7.42. The summed E-state index contributed by atoms with van der Waals surface area (Å²) in [7, 11) is 1.85. The number of unbranched alkanes of at least 4 members (excludes halogenated alkanes) is 13. The van der Waals surface area contributed by atoms with Crippen molar-refractivity contribution in [2.45, 2.75) is 122 Å². The van der Waals surface area contributed by atoms with Gasteiger partial charge in [0.25, 0.3) is 0 Å². The summed E-state index contributed by atoms with van der Waals surface area (Å²) in [4.78, 5) is 0. The number of hydrogen-bond acceptors (Lipinski definition) is 2. The molecule has 146 valence electrons. The Balaban J connectivity index is 3.72. The Bertz CT molecular complexity index is 242. The molecule has 0 aliphatic heterocycles. The van der Waals surface area contributed by atoms with Crippen LogP contribution in [0.3, 0.4) is 0 Å². The average Bonchev–Trinajstić information content (AvgIpc) is 2.61. The highest BCUT2D eigenvalue weighted by atomic mass is 28.4. The van der Waals surface area contributed by atoms with Crippen LogP contribution in [-0.4, -0.2) is 22.8 Å². The van der Waals surface area contributed by atoms with Crippen LogP contribution in [0.15, 0.2) is 0 Å². The Labute approximate surface area is 154 Å². The average molecular weight is 359 g/mol. The Kier molecular flexibility index (Phi) is 18.0. The summed E-state index contributed by atoms with van der Waals surface area (Å²) in [5, 5.41) is 0. The van der Waals surface area contributed by atoms with Crippen LogP contribution in [0.2, 0.25) is 12.1 Å². The maximum absolute atomic E-state index is 5.91. The molecule has 0 heterocycles. The van der Waals surface area contributed by atoms with Crippen molar-refractivity contribution < 1.29 is 8.85 Å². The maximum Gasteiger partial charge on any atom is 0.337 e. The van der Waals surface area contributed by atoms with Gasteiger partial charge in [-0.25, -0.2) is 0 Å². The van der Waals surface area contributed by atoms with Gasteiger partial charge in [-0.2, -0.15) is 0 Å². The molecule has 0 saturated heterocycles. The van der Waals surface area contributed by atoms with Crippen molar-refractivity contribution in [3.63, 3.8) is 0 Å². The lowest BCUT2D eigenvalue weighted by molar-refractivity contribution is 0.238. The lowest BCUT2D eigenvalue weighted by Crippen LogP contribution is -2.39. The molecule has 0 fully saturated rings. The van der Waals surface area contributed by atoms with E-state index in [-0.39, 0.29) is 0 Å². The topological polar surface area (TPSA) is 18.5 Å². The molecule has 0 radical (unpaired) electrons. The minimum absolute atomic E-state index is 1.18. The monoisotopic (exact) mass is 358 g/mol. The molecule has 0 aliphatic carbocycles.